The van der Waals surface area contributed by atoms with Crippen LogP contribution in [-0.2, 0) is 6.42 Å². The number of aromatic nitrogens is 2. The maximum atomic E-state index is 9.01. The van der Waals surface area contributed by atoms with Gasteiger partial charge in [-0.2, -0.15) is 0 Å². The van der Waals surface area contributed by atoms with Crippen LogP contribution in [0, 0.1) is 5.92 Å². The molecule has 0 aliphatic rings. The molecule has 0 saturated heterocycles. The molecule has 2 rings (SSSR count). The van der Waals surface area contributed by atoms with Crippen molar-refractivity contribution in [2.24, 2.45) is 5.92 Å². The van der Waals surface area contributed by atoms with E-state index in [9.17, 15) is 0 Å². The van der Waals surface area contributed by atoms with E-state index < -0.39 is 0 Å². The van der Waals surface area contributed by atoms with Crippen LogP contribution in [0.25, 0.3) is 11.3 Å². The first kappa shape index (κ1) is 16.8. The largest absolute Gasteiger partial charge is 0.481 e. The van der Waals surface area contributed by atoms with Gasteiger partial charge in [0, 0.05) is 23.6 Å². The second-order valence-electron chi connectivity index (χ2n) is 5.46. The highest BCUT2D eigenvalue weighted by Gasteiger charge is 2.08. The minimum atomic E-state index is 0.153. The number of aliphatic hydroxyl groups is 1. The number of thioether (sulfide) groups is 1. The molecule has 1 N–H and O–H groups in total. The number of hydrogen-bond donors (Lipinski definition) is 1. The van der Waals surface area contributed by atoms with Crippen molar-refractivity contribution in [3.8, 4) is 17.1 Å². The first-order chi connectivity index (χ1) is 10.6. The fraction of sp³-hybridized carbons (Fsp3) is 0.412. The minimum Gasteiger partial charge on any atom is -0.481 e. The van der Waals surface area contributed by atoms with E-state index in [1.54, 1.807) is 25.1 Å². The third-order valence-corrected chi connectivity index (χ3v) is 3.98. The van der Waals surface area contributed by atoms with Gasteiger partial charge in [-0.3, -0.25) is 0 Å². The molecule has 2 heterocycles. The van der Waals surface area contributed by atoms with E-state index in [1.807, 2.05) is 12.1 Å². The second kappa shape index (κ2) is 8.15. The summed E-state index contributed by atoms with van der Waals surface area (Å²) in [6, 6.07) is 8.04. The lowest BCUT2D eigenvalue weighted by atomic mass is 10.0. The van der Waals surface area contributed by atoms with Crippen LogP contribution in [0.2, 0.25) is 0 Å². The number of rotatable bonds is 7. The molecule has 0 radical (unpaired) electrons. The standard InChI is InChI=1S/C17H22N2O2S/c1-12(2)8-13-9-15(19-17(10-13)22-7-6-20)14-4-5-16(21-3)18-11-14/h4-5,9-12,20H,6-8H2,1-3H3. The zero-order chi connectivity index (χ0) is 15.9. The molecule has 22 heavy (non-hydrogen) atoms. The number of methoxy groups -OCH3 is 1. The van der Waals surface area contributed by atoms with Gasteiger partial charge in [-0.25, -0.2) is 9.97 Å². The summed E-state index contributed by atoms with van der Waals surface area (Å²) in [6.45, 7) is 4.56. The summed E-state index contributed by atoms with van der Waals surface area (Å²) in [5.41, 5.74) is 3.14. The van der Waals surface area contributed by atoms with Gasteiger partial charge in [0.1, 0.15) is 0 Å². The van der Waals surface area contributed by atoms with Gasteiger partial charge < -0.3 is 9.84 Å². The van der Waals surface area contributed by atoms with E-state index in [2.05, 4.69) is 35.9 Å². The molecule has 4 nitrogen and oxygen atoms in total. The lowest BCUT2D eigenvalue weighted by Gasteiger charge is -2.10. The Labute approximate surface area is 136 Å². The Morgan fingerprint density at radius 3 is 2.68 bits per heavy atom. The van der Waals surface area contributed by atoms with Crippen LogP contribution < -0.4 is 4.74 Å². The van der Waals surface area contributed by atoms with Crippen molar-refractivity contribution in [2.75, 3.05) is 19.5 Å². The fourth-order valence-corrected chi connectivity index (χ4v) is 2.87. The average Bonchev–Trinajstić information content (AvgIpc) is 2.52. The van der Waals surface area contributed by atoms with Crippen LogP contribution >= 0.6 is 11.8 Å². The van der Waals surface area contributed by atoms with Crippen molar-refractivity contribution in [1.29, 1.82) is 0 Å². The SMILES string of the molecule is COc1ccc(-c2cc(CC(C)C)cc(SCCO)n2)cn1. The summed E-state index contributed by atoms with van der Waals surface area (Å²) < 4.78 is 5.09. The van der Waals surface area contributed by atoms with E-state index in [0.29, 0.717) is 17.6 Å². The Balaban J connectivity index is 2.34. The molecule has 0 amide bonds. The van der Waals surface area contributed by atoms with Gasteiger partial charge in [0.25, 0.3) is 0 Å². The maximum absolute atomic E-state index is 9.01. The Kier molecular flexibility index (Phi) is 6.21. The van der Waals surface area contributed by atoms with Crippen LogP contribution in [-0.4, -0.2) is 34.5 Å². The van der Waals surface area contributed by atoms with Crippen LogP contribution in [0.15, 0.2) is 35.5 Å². The molecule has 0 unspecified atom stereocenters. The molecule has 118 valence electrons. The lowest BCUT2D eigenvalue weighted by Crippen LogP contribution is -1.98. The van der Waals surface area contributed by atoms with Gasteiger partial charge in [0.15, 0.2) is 0 Å². The number of pyridine rings is 2. The van der Waals surface area contributed by atoms with E-state index in [-0.39, 0.29) is 6.61 Å². The minimum absolute atomic E-state index is 0.153. The monoisotopic (exact) mass is 318 g/mol. The Morgan fingerprint density at radius 2 is 2.09 bits per heavy atom. The quantitative estimate of drug-likeness (QED) is 0.793. The molecule has 0 aromatic carbocycles. The lowest BCUT2D eigenvalue weighted by molar-refractivity contribution is 0.322. The van der Waals surface area contributed by atoms with Crippen molar-refractivity contribution in [1.82, 2.24) is 9.97 Å². The highest BCUT2D eigenvalue weighted by Crippen LogP contribution is 2.25. The summed E-state index contributed by atoms with van der Waals surface area (Å²) in [6.07, 6.45) is 2.78. The Morgan fingerprint density at radius 1 is 1.27 bits per heavy atom. The summed E-state index contributed by atoms with van der Waals surface area (Å²) in [5.74, 6) is 1.83. The first-order valence-corrected chi connectivity index (χ1v) is 8.36. The molecular formula is C17H22N2O2S. The van der Waals surface area contributed by atoms with E-state index in [0.717, 1.165) is 22.7 Å². The molecule has 2 aromatic rings. The predicted molar refractivity (Wildman–Crippen MR) is 90.4 cm³/mol. The van der Waals surface area contributed by atoms with Crippen LogP contribution in [0.1, 0.15) is 19.4 Å². The predicted octanol–water partition coefficient (Wildman–Crippen LogP) is 3.44. The van der Waals surface area contributed by atoms with Crippen molar-refractivity contribution < 1.29 is 9.84 Å². The van der Waals surface area contributed by atoms with Gasteiger partial charge in [-0.05, 0) is 36.1 Å². The zero-order valence-electron chi connectivity index (χ0n) is 13.2. The van der Waals surface area contributed by atoms with E-state index in [4.69, 9.17) is 9.84 Å². The summed E-state index contributed by atoms with van der Waals surface area (Å²) in [4.78, 5) is 8.92. The average molecular weight is 318 g/mol. The first-order valence-electron chi connectivity index (χ1n) is 7.37. The van der Waals surface area contributed by atoms with Gasteiger partial charge in [0.05, 0.1) is 24.4 Å². The molecule has 0 bridgehead atoms. The maximum Gasteiger partial charge on any atom is 0.212 e. The van der Waals surface area contributed by atoms with E-state index >= 15 is 0 Å². The van der Waals surface area contributed by atoms with Crippen LogP contribution in [0.4, 0.5) is 0 Å². The van der Waals surface area contributed by atoms with Gasteiger partial charge in [-0.1, -0.05) is 13.8 Å². The fourth-order valence-electron chi connectivity index (χ4n) is 2.17. The number of ether oxygens (including phenoxy) is 1. The van der Waals surface area contributed by atoms with Crippen molar-refractivity contribution in [3.05, 3.63) is 36.0 Å². The zero-order valence-corrected chi connectivity index (χ0v) is 14.1. The number of hydrogen-bond acceptors (Lipinski definition) is 5. The highest BCUT2D eigenvalue weighted by molar-refractivity contribution is 7.99. The Bertz CT molecular complexity index is 600. The molecule has 5 heteroatoms. The Hall–Kier alpha value is -1.59. The summed E-state index contributed by atoms with van der Waals surface area (Å²) in [5, 5.41) is 9.96. The molecule has 0 saturated carbocycles. The van der Waals surface area contributed by atoms with Gasteiger partial charge in [-0.15, -0.1) is 11.8 Å². The smallest absolute Gasteiger partial charge is 0.212 e. The molecule has 0 aliphatic carbocycles. The van der Waals surface area contributed by atoms with Crippen molar-refractivity contribution in [3.63, 3.8) is 0 Å². The number of aliphatic hydroxyl groups excluding tert-OH is 1. The topological polar surface area (TPSA) is 55.2 Å². The summed E-state index contributed by atoms with van der Waals surface area (Å²) in [7, 11) is 1.60. The molecule has 0 fully saturated rings. The van der Waals surface area contributed by atoms with Gasteiger partial charge >= 0.3 is 0 Å². The third kappa shape index (κ3) is 4.71. The molecule has 0 spiro atoms. The molecular weight excluding hydrogens is 296 g/mol. The molecule has 0 aliphatic heterocycles. The van der Waals surface area contributed by atoms with Crippen LogP contribution in [0.3, 0.4) is 0 Å². The second-order valence-corrected chi connectivity index (χ2v) is 6.57. The molecule has 0 atom stereocenters. The van der Waals surface area contributed by atoms with Crippen molar-refractivity contribution in [2.45, 2.75) is 25.3 Å². The number of nitrogens with zero attached hydrogens (tertiary/aromatic N) is 2. The molecule has 2 aromatic heterocycles. The van der Waals surface area contributed by atoms with Crippen molar-refractivity contribution >= 4 is 11.8 Å². The summed E-state index contributed by atoms with van der Waals surface area (Å²) >= 11 is 1.57. The van der Waals surface area contributed by atoms with E-state index in [1.165, 1.54) is 5.56 Å². The highest BCUT2D eigenvalue weighted by atomic mass is 32.2. The van der Waals surface area contributed by atoms with Gasteiger partial charge in [0.2, 0.25) is 5.88 Å². The van der Waals surface area contributed by atoms with Crippen LogP contribution in [0.5, 0.6) is 5.88 Å². The normalized spacial score (nSPS) is 11.0. The third-order valence-electron chi connectivity index (χ3n) is 3.09.